The van der Waals surface area contributed by atoms with Gasteiger partial charge in [0.05, 0.1) is 5.69 Å². The van der Waals surface area contributed by atoms with Crippen molar-refractivity contribution in [2.75, 3.05) is 0 Å². The highest BCUT2D eigenvalue weighted by Crippen LogP contribution is 2.42. The molecule has 0 radical (unpaired) electrons. The third-order valence-electron chi connectivity index (χ3n) is 6.93. The molecule has 1 aliphatic rings. The van der Waals surface area contributed by atoms with Crippen LogP contribution in [0.15, 0.2) is 122 Å². The molecule has 40 heavy (non-hydrogen) atoms. The maximum atomic E-state index is 13.6. The van der Waals surface area contributed by atoms with Gasteiger partial charge in [-0.3, -0.25) is 4.79 Å². The zero-order chi connectivity index (χ0) is 28.7. The zero-order valence-corrected chi connectivity index (χ0v) is 24.5. The first-order valence-corrected chi connectivity index (χ1v) is 13.8. The van der Waals surface area contributed by atoms with E-state index in [1.54, 1.807) is 12.1 Å². The van der Waals surface area contributed by atoms with E-state index in [4.69, 9.17) is 21.1 Å². The van der Waals surface area contributed by atoms with Crippen LogP contribution in [0, 0.1) is 10.8 Å². The van der Waals surface area contributed by atoms with Gasteiger partial charge < -0.3 is 4.42 Å². The average molecular weight is 549 g/mol. The van der Waals surface area contributed by atoms with E-state index in [0.29, 0.717) is 22.2 Å². The Morgan fingerprint density at radius 2 is 1.38 bits per heavy atom. The molecule has 0 bridgehead atoms. The summed E-state index contributed by atoms with van der Waals surface area (Å²) in [7, 11) is 0. The van der Waals surface area contributed by atoms with Gasteiger partial charge in [-0.2, -0.15) is 5.11 Å². The van der Waals surface area contributed by atoms with Crippen molar-refractivity contribution in [3.8, 4) is 11.1 Å². The van der Waals surface area contributed by atoms with Gasteiger partial charge in [0.15, 0.2) is 11.5 Å². The number of hydrogen-bond donors (Lipinski definition) is 0. The molecule has 3 aromatic carbocycles. The van der Waals surface area contributed by atoms with Crippen LogP contribution in [0.2, 0.25) is 5.02 Å². The summed E-state index contributed by atoms with van der Waals surface area (Å²) >= 11 is 6.08. The van der Waals surface area contributed by atoms with Crippen molar-refractivity contribution in [1.82, 2.24) is 0 Å². The van der Waals surface area contributed by atoms with Crippen molar-refractivity contribution in [2.24, 2.45) is 21.1 Å². The minimum Gasteiger partial charge on any atom is -0.454 e. The standard InChI is InChI=1S/C35H33ClN2O2/c1-34(2,3)28-19-25(20-29(33(28)39)35(4,5)6)32(38-37-27-15-13-26(36)14-16-27)31-21-24-18-23(12-17-30(24)40-31)22-10-8-7-9-11-22/h7-21H,1-6H3. The van der Waals surface area contributed by atoms with Crippen molar-refractivity contribution >= 4 is 39.7 Å². The van der Waals surface area contributed by atoms with E-state index in [2.05, 4.69) is 70.9 Å². The number of allylic oxidation sites excluding steroid dienone is 5. The lowest BCUT2D eigenvalue weighted by Crippen LogP contribution is -2.28. The van der Waals surface area contributed by atoms with Crippen LogP contribution in [0.4, 0.5) is 5.69 Å². The Hall–Kier alpha value is -4.02. The fourth-order valence-corrected chi connectivity index (χ4v) is 4.84. The second-order valence-electron chi connectivity index (χ2n) is 12.2. The monoisotopic (exact) mass is 548 g/mol. The first-order chi connectivity index (χ1) is 18.9. The molecule has 4 aromatic rings. The van der Waals surface area contributed by atoms with Crippen molar-refractivity contribution in [3.63, 3.8) is 0 Å². The number of ketones is 1. The average Bonchev–Trinajstić information content (AvgIpc) is 3.32. The lowest BCUT2D eigenvalue weighted by molar-refractivity contribution is -0.114. The van der Waals surface area contributed by atoms with Crippen LogP contribution < -0.4 is 0 Å². The van der Waals surface area contributed by atoms with E-state index in [0.717, 1.165) is 38.8 Å². The van der Waals surface area contributed by atoms with Crippen LogP contribution in [-0.4, -0.2) is 5.78 Å². The lowest BCUT2D eigenvalue weighted by atomic mass is 9.71. The number of carbonyl (C=O) groups is 1. The number of azo groups is 1. The van der Waals surface area contributed by atoms with Crippen LogP contribution in [0.5, 0.6) is 0 Å². The predicted molar refractivity (Wildman–Crippen MR) is 165 cm³/mol. The van der Waals surface area contributed by atoms with E-state index in [-0.39, 0.29) is 16.6 Å². The summed E-state index contributed by atoms with van der Waals surface area (Å²) in [6, 6.07) is 25.6. The summed E-state index contributed by atoms with van der Waals surface area (Å²) in [4.78, 5) is 13.6. The minimum absolute atomic E-state index is 0.0647. The Labute approximate surface area is 240 Å². The van der Waals surface area contributed by atoms with Gasteiger partial charge in [0.1, 0.15) is 11.3 Å². The first-order valence-electron chi connectivity index (χ1n) is 13.4. The normalized spacial score (nSPS) is 14.6. The van der Waals surface area contributed by atoms with E-state index < -0.39 is 0 Å². The van der Waals surface area contributed by atoms with Gasteiger partial charge in [0.25, 0.3) is 0 Å². The number of Topliss-reactive ketones (excluding diaryl/α,β-unsaturated/α-hetero) is 1. The van der Waals surface area contributed by atoms with Crippen LogP contribution in [0.25, 0.3) is 27.8 Å². The second kappa shape index (κ2) is 10.5. The van der Waals surface area contributed by atoms with Crippen molar-refractivity contribution in [2.45, 2.75) is 41.5 Å². The van der Waals surface area contributed by atoms with E-state index >= 15 is 0 Å². The molecule has 5 rings (SSSR count). The highest BCUT2D eigenvalue weighted by Gasteiger charge is 2.35. The van der Waals surface area contributed by atoms with E-state index in [1.165, 1.54) is 0 Å². The van der Waals surface area contributed by atoms with E-state index in [9.17, 15) is 4.79 Å². The quantitative estimate of drug-likeness (QED) is 0.238. The highest BCUT2D eigenvalue weighted by molar-refractivity contribution is 6.30. The summed E-state index contributed by atoms with van der Waals surface area (Å²) in [5.74, 6) is 0.645. The van der Waals surface area contributed by atoms with Gasteiger partial charge in [-0.15, -0.1) is 5.11 Å². The van der Waals surface area contributed by atoms with Gasteiger partial charge in [0, 0.05) is 27.1 Å². The molecular weight excluding hydrogens is 516 g/mol. The van der Waals surface area contributed by atoms with Gasteiger partial charge in [-0.05, 0) is 76.6 Å². The fraction of sp³-hybridized carbons (Fsp3) is 0.229. The topological polar surface area (TPSA) is 54.9 Å². The van der Waals surface area contributed by atoms with Gasteiger partial charge in [-0.25, -0.2) is 0 Å². The summed E-state index contributed by atoms with van der Waals surface area (Å²) in [6.07, 6.45) is 3.88. The number of furan rings is 1. The van der Waals surface area contributed by atoms with Crippen molar-refractivity contribution in [1.29, 1.82) is 0 Å². The molecule has 4 nitrogen and oxygen atoms in total. The second-order valence-corrected chi connectivity index (χ2v) is 12.6. The zero-order valence-electron chi connectivity index (χ0n) is 23.7. The molecule has 0 saturated carbocycles. The Balaban J connectivity index is 1.73. The number of hydrogen-bond acceptors (Lipinski definition) is 4. The van der Waals surface area contributed by atoms with Crippen LogP contribution in [0.3, 0.4) is 0 Å². The minimum atomic E-state index is -0.357. The summed E-state index contributed by atoms with van der Waals surface area (Å²) in [5, 5.41) is 10.8. The Morgan fingerprint density at radius 3 is 1.98 bits per heavy atom. The largest absolute Gasteiger partial charge is 0.454 e. The van der Waals surface area contributed by atoms with Crippen LogP contribution >= 0.6 is 11.6 Å². The summed E-state index contributed by atoms with van der Waals surface area (Å²) in [5.41, 5.74) is 5.75. The third kappa shape index (κ3) is 5.78. The number of carbonyl (C=O) groups excluding carboxylic acids is 1. The Kier molecular flexibility index (Phi) is 7.24. The SMILES string of the molecule is CC(C)(C)C1=CC(=C(N=Nc2ccc(Cl)cc2)c2cc3cc(-c4ccccc4)ccc3o2)C=C(C(C)(C)C)C1=O. The molecule has 0 N–H and O–H groups in total. The van der Waals surface area contributed by atoms with E-state index in [1.807, 2.05) is 54.6 Å². The fourth-order valence-electron chi connectivity index (χ4n) is 4.71. The summed E-state index contributed by atoms with van der Waals surface area (Å²) in [6.45, 7) is 12.3. The highest BCUT2D eigenvalue weighted by atomic mass is 35.5. The third-order valence-corrected chi connectivity index (χ3v) is 7.18. The molecule has 0 unspecified atom stereocenters. The lowest BCUT2D eigenvalue weighted by Gasteiger charge is -2.31. The first kappa shape index (κ1) is 27.5. The molecule has 5 heteroatoms. The molecular formula is C35H33ClN2O2. The molecule has 0 saturated heterocycles. The molecule has 0 fully saturated rings. The molecule has 0 aliphatic heterocycles. The van der Waals surface area contributed by atoms with Crippen molar-refractivity contribution in [3.05, 3.63) is 119 Å². The molecule has 1 aliphatic carbocycles. The Bertz CT molecular complexity index is 1670. The molecule has 0 spiro atoms. The molecule has 1 aromatic heterocycles. The molecule has 202 valence electrons. The van der Waals surface area contributed by atoms with Crippen LogP contribution in [0.1, 0.15) is 47.3 Å². The number of halogens is 1. The number of fused-ring (bicyclic) bond motifs is 1. The van der Waals surface area contributed by atoms with Gasteiger partial charge in [-0.1, -0.05) is 89.5 Å². The number of benzene rings is 3. The Morgan fingerprint density at radius 1 is 0.750 bits per heavy atom. The van der Waals surface area contributed by atoms with Crippen LogP contribution in [-0.2, 0) is 4.79 Å². The number of nitrogens with zero attached hydrogens (tertiary/aromatic N) is 2. The predicted octanol–water partition coefficient (Wildman–Crippen LogP) is 10.8. The smallest absolute Gasteiger partial charge is 0.186 e. The van der Waals surface area contributed by atoms with Crippen molar-refractivity contribution < 1.29 is 9.21 Å². The number of rotatable bonds is 4. The van der Waals surface area contributed by atoms with Gasteiger partial charge in [0.2, 0.25) is 0 Å². The maximum absolute atomic E-state index is 13.6. The van der Waals surface area contributed by atoms with Gasteiger partial charge >= 0.3 is 0 Å². The molecule has 0 atom stereocenters. The molecule has 1 heterocycles. The summed E-state index contributed by atoms with van der Waals surface area (Å²) < 4.78 is 6.37. The molecule has 0 amide bonds. The maximum Gasteiger partial charge on any atom is 0.186 e.